The molecule has 0 fully saturated rings. The van der Waals surface area contributed by atoms with Crippen molar-refractivity contribution in [3.63, 3.8) is 0 Å². The van der Waals surface area contributed by atoms with Gasteiger partial charge in [-0.1, -0.05) is 31.4 Å². The summed E-state index contributed by atoms with van der Waals surface area (Å²) in [6, 6.07) is 13.5. The van der Waals surface area contributed by atoms with Crippen LogP contribution >= 0.6 is 0 Å². The Morgan fingerprint density at radius 3 is 1.93 bits per heavy atom. The summed E-state index contributed by atoms with van der Waals surface area (Å²) in [6.45, 7) is 10.1. The van der Waals surface area contributed by atoms with Crippen LogP contribution in [0.15, 0.2) is 72.8 Å². The molecule has 0 unspecified atom stereocenters. The van der Waals surface area contributed by atoms with Gasteiger partial charge in [0.1, 0.15) is 12.0 Å². The Kier molecular flexibility index (Phi) is 8.89. The van der Waals surface area contributed by atoms with Crippen LogP contribution in [-0.4, -0.2) is 25.3 Å². The Bertz CT molecular complexity index is 868. The van der Waals surface area contributed by atoms with E-state index < -0.39 is 5.97 Å². The van der Waals surface area contributed by atoms with E-state index in [-0.39, 0.29) is 11.7 Å². The van der Waals surface area contributed by atoms with Crippen molar-refractivity contribution in [3.05, 3.63) is 78.4 Å². The molecule has 0 aliphatic carbocycles. The maximum Gasteiger partial charge on any atom is 0.338 e. The Morgan fingerprint density at radius 1 is 0.857 bits per heavy atom. The zero-order valence-corrected chi connectivity index (χ0v) is 16.1. The van der Waals surface area contributed by atoms with Gasteiger partial charge in [0.15, 0.2) is 11.5 Å². The average molecular weight is 382 g/mol. The number of aldehydes is 1. The second-order valence-corrected chi connectivity index (χ2v) is 5.68. The highest BCUT2D eigenvalue weighted by atomic mass is 16.6. The molecule has 0 radical (unpaired) electrons. The van der Waals surface area contributed by atoms with E-state index in [4.69, 9.17) is 14.2 Å². The van der Waals surface area contributed by atoms with Crippen LogP contribution in [0.2, 0.25) is 0 Å². The van der Waals surface area contributed by atoms with Crippen molar-refractivity contribution in [3.8, 4) is 17.2 Å². The van der Waals surface area contributed by atoms with Gasteiger partial charge in [0.2, 0.25) is 0 Å². The van der Waals surface area contributed by atoms with Crippen molar-refractivity contribution in [2.45, 2.75) is 13.8 Å². The molecule has 0 N–H and O–H groups in total. The van der Waals surface area contributed by atoms with Crippen LogP contribution in [-0.2, 0) is 9.59 Å². The maximum absolute atomic E-state index is 11.3. The highest BCUT2D eigenvalue weighted by molar-refractivity contribution is 5.89. The smallest absolute Gasteiger partial charge is 0.338 e. The third-order valence-corrected chi connectivity index (χ3v) is 3.18. The molecule has 2 rings (SSSR count). The summed E-state index contributed by atoms with van der Waals surface area (Å²) < 4.78 is 15.0. The first-order valence-corrected chi connectivity index (χ1v) is 8.22. The number of carbonyl (C=O) groups is 3. The predicted octanol–water partition coefficient (Wildman–Crippen LogP) is 4.16. The Balaban J connectivity index is 0.000000292. The van der Waals surface area contributed by atoms with Gasteiger partial charge in [-0.3, -0.25) is 4.79 Å². The van der Waals surface area contributed by atoms with Gasteiger partial charge in [-0.2, -0.15) is 0 Å². The van der Waals surface area contributed by atoms with Gasteiger partial charge < -0.3 is 14.2 Å². The lowest BCUT2D eigenvalue weighted by Gasteiger charge is -2.09. The van der Waals surface area contributed by atoms with Crippen LogP contribution in [0.3, 0.4) is 0 Å². The van der Waals surface area contributed by atoms with E-state index in [1.165, 1.54) is 25.3 Å². The Morgan fingerprint density at radius 2 is 1.43 bits per heavy atom. The summed E-state index contributed by atoms with van der Waals surface area (Å²) in [5.74, 6) is 0.226. The fourth-order valence-corrected chi connectivity index (χ4v) is 1.71. The van der Waals surface area contributed by atoms with E-state index in [0.717, 1.165) is 0 Å². The lowest BCUT2D eigenvalue weighted by Crippen LogP contribution is -2.09. The number of para-hydroxylation sites is 1. The lowest BCUT2D eigenvalue weighted by atomic mass is 10.2. The topological polar surface area (TPSA) is 78.9 Å². The SMILES string of the molecule is C=C(C)C(=O)Oc1ccc(C=O)cc1OC.C=C(C)C(=O)Oc1ccccc1. The highest BCUT2D eigenvalue weighted by Crippen LogP contribution is 2.28. The van der Waals surface area contributed by atoms with E-state index in [1.807, 2.05) is 6.07 Å². The zero-order chi connectivity index (χ0) is 21.1. The molecule has 2 aromatic carbocycles. The van der Waals surface area contributed by atoms with Crippen LogP contribution in [0.4, 0.5) is 0 Å². The molecule has 0 aliphatic heterocycles. The van der Waals surface area contributed by atoms with Gasteiger partial charge >= 0.3 is 11.9 Å². The molecule has 2 aromatic rings. The van der Waals surface area contributed by atoms with Crippen molar-refractivity contribution in [2.75, 3.05) is 7.11 Å². The van der Waals surface area contributed by atoms with E-state index in [0.29, 0.717) is 34.5 Å². The minimum atomic E-state index is -0.530. The quantitative estimate of drug-likeness (QED) is 0.323. The third kappa shape index (κ3) is 7.29. The molecule has 0 heterocycles. The van der Waals surface area contributed by atoms with Gasteiger partial charge in [-0.05, 0) is 44.2 Å². The summed E-state index contributed by atoms with van der Waals surface area (Å²) in [4.78, 5) is 32.8. The Hall–Kier alpha value is -3.67. The summed E-state index contributed by atoms with van der Waals surface area (Å²) in [7, 11) is 1.43. The molecule has 0 aromatic heterocycles. The molecule has 6 nitrogen and oxygen atoms in total. The molecule has 6 heteroatoms. The van der Waals surface area contributed by atoms with Gasteiger partial charge in [0.05, 0.1) is 7.11 Å². The molecule has 0 bridgehead atoms. The van der Waals surface area contributed by atoms with Gasteiger partial charge in [-0.25, -0.2) is 9.59 Å². The number of methoxy groups -OCH3 is 1. The molecule has 146 valence electrons. The molecule has 0 saturated heterocycles. The fraction of sp³-hybridized carbons (Fsp3) is 0.136. The van der Waals surface area contributed by atoms with Crippen molar-refractivity contribution in [2.24, 2.45) is 0 Å². The Labute approximate surface area is 164 Å². The second-order valence-electron chi connectivity index (χ2n) is 5.68. The van der Waals surface area contributed by atoms with Crippen molar-refractivity contribution >= 4 is 18.2 Å². The van der Waals surface area contributed by atoms with Gasteiger partial charge in [0, 0.05) is 16.7 Å². The molecular formula is C22H22O6. The fourth-order valence-electron chi connectivity index (χ4n) is 1.71. The van der Waals surface area contributed by atoms with Crippen LogP contribution in [0.1, 0.15) is 24.2 Å². The monoisotopic (exact) mass is 382 g/mol. The van der Waals surface area contributed by atoms with Crippen LogP contribution < -0.4 is 14.2 Å². The zero-order valence-electron chi connectivity index (χ0n) is 16.1. The summed E-state index contributed by atoms with van der Waals surface area (Å²) >= 11 is 0. The number of esters is 2. The van der Waals surface area contributed by atoms with E-state index in [9.17, 15) is 14.4 Å². The number of carbonyl (C=O) groups excluding carboxylic acids is 3. The van der Waals surface area contributed by atoms with Crippen molar-refractivity contribution < 1.29 is 28.6 Å². The molecule has 0 saturated carbocycles. The molecule has 0 spiro atoms. The number of benzene rings is 2. The maximum atomic E-state index is 11.3. The van der Waals surface area contributed by atoms with Crippen molar-refractivity contribution in [1.82, 2.24) is 0 Å². The minimum Gasteiger partial charge on any atom is -0.493 e. The number of ether oxygens (including phenoxy) is 3. The standard InChI is InChI=1S/C12H12O4.C10H10O2/c1-8(2)12(14)16-10-5-4-9(7-13)6-11(10)15-3;1-8(2)10(11)12-9-6-4-3-5-7-9/h4-7H,1H2,2-3H3;3-7H,1H2,2H3. The molecule has 0 amide bonds. The molecule has 0 aliphatic rings. The van der Waals surface area contributed by atoms with Crippen LogP contribution in [0.5, 0.6) is 17.2 Å². The largest absolute Gasteiger partial charge is 0.493 e. The highest BCUT2D eigenvalue weighted by Gasteiger charge is 2.11. The first-order valence-electron chi connectivity index (χ1n) is 8.22. The number of hydrogen-bond donors (Lipinski definition) is 0. The first-order chi connectivity index (χ1) is 13.3. The van der Waals surface area contributed by atoms with Gasteiger partial charge in [-0.15, -0.1) is 0 Å². The first kappa shape index (κ1) is 22.4. The van der Waals surface area contributed by atoms with Crippen LogP contribution in [0.25, 0.3) is 0 Å². The van der Waals surface area contributed by atoms with Crippen molar-refractivity contribution in [1.29, 1.82) is 0 Å². The van der Waals surface area contributed by atoms with E-state index >= 15 is 0 Å². The number of hydrogen-bond acceptors (Lipinski definition) is 6. The molecule has 28 heavy (non-hydrogen) atoms. The van der Waals surface area contributed by atoms with E-state index in [2.05, 4.69) is 13.2 Å². The minimum absolute atomic E-state index is 0.265. The van der Waals surface area contributed by atoms with Crippen LogP contribution in [0, 0.1) is 0 Å². The van der Waals surface area contributed by atoms with Gasteiger partial charge in [0.25, 0.3) is 0 Å². The predicted molar refractivity (Wildman–Crippen MR) is 106 cm³/mol. The summed E-state index contributed by atoms with van der Waals surface area (Å²) in [5.41, 5.74) is 1.15. The molecular weight excluding hydrogens is 360 g/mol. The lowest BCUT2D eigenvalue weighted by molar-refractivity contribution is -0.131. The second kappa shape index (κ2) is 11.1. The van der Waals surface area contributed by atoms with E-state index in [1.54, 1.807) is 38.1 Å². The average Bonchev–Trinajstić information content (AvgIpc) is 2.69. The molecule has 0 atom stereocenters. The third-order valence-electron chi connectivity index (χ3n) is 3.18. The normalized spacial score (nSPS) is 9.25. The number of rotatable bonds is 6. The summed E-state index contributed by atoms with van der Waals surface area (Å²) in [5, 5.41) is 0. The summed E-state index contributed by atoms with van der Waals surface area (Å²) in [6.07, 6.45) is 0.687.